The van der Waals surface area contributed by atoms with Gasteiger partial charge >= 0.3 is 0 Å². The van der Waals surface area contributed by atoms with Crippen LogP contribution in [0.25, 0.3) is 0 Å². The second kappa shape index (κ2) is 5.09. The molecule has 0 aromatic rings. The first-order valence-corrected chi connectivity index (χ1v) is 5.06. The van der Waals surface area contributed by atoms with Crippen molar-refractivity contribution in [1.82, 2.24) is 20.9 Å². The summed E-state index contributed by atoms with van der Waals surface area (Å²) in [6, 6.07) is -0.419. The summed E-state index contributed by atoms with van der Waals surface area (Å²) in [5.74, 6) is -0.228. The van der Waals surface area contributed by atoms with Crippen molar-refractivity contribution in [2.45, 2.75) is 19.1 Å². The quantitative estimate of drug-likeness (QED) is 0.511. The molecule has 6 heteroatoms. The van der Waals surface area contributed by atoms with Gasteiger partial charge in [-0.15, -0.1) is 0 Å². The van der Waals surface area contributed by atoms with Crippen LogP contribution in [0.3, 0.4) is 0 Å². The Morgan fingerprint density at radius 2 is 2.13 bits per heavy atom. The van der Waals surface area contributed by atoms with Gasteiger partial charge in [0.05, 0.1) is 0 Å². The van der Waals surface area contributed by atoms with Gasteiger partial charge in [-0.1, -0.05) is 6.92 Å². The molecule has 2 atom stereocenters. The Kier molecular flexibility index (Phi) is 4.05. The Morgan fingerprint density at radius 3 is 2.67 bits per heavy atom. The molecule has 1 saturated heterocycles. The summed E-state index contributed by atoms with van der Waals surface area (Å²) in [5, 5.41) is 8.46. The first-order valence-electron chi connectivity index (χ1n) is 5.06. The van der Waals surface area contributed by atoms with Crippen molar-refractivity contribution < 1.29 is 9.59 Å². The minimum atomic E-state index is -0.583. The molecule has 1 rings (SSSR count). The molecule has 2 amide bonds. The molecule has 0 saturated carbocycles. The molecule has 1 aliphatic heterocycles. The number of hydrogen-bond donors (Lipinski definition) is 3. The fourth-order valence-corrected chi connectivity index (χ4v) is 1.60. The molecule has 0 radical (unpaired) electrons. The van der Waals surface area contributed by atoms with Gasteiger partial charge in [0.15, 0.2) is 6.17 Å². The third-order valence-electron chi connectivity index (χ3n) is 2.46. The van der Waals surface area contributed by atoms with E-state index in [2.05, 4.69) is 16.0 Å². The number of nitrogens with zero attached hydrogens (tertiary/aromatic N) is 1. The average Bonchev–Trinajstić information content (AvgIpc) is 2.21. The average molecular weight is 214 g/mol. The van der Waals surface area contributed by atoms with Crippen LogP contribution in [0.15, 0.2) is 0 Å². The zero-order valence-electron chi connectivity index (χ0n) is 9.33. The highest BCUT2D eigenvalue weighted by molar-refractivity contribution is 5.96. The number of nitrogens with one attached hydrogen (secondary N) is 3. The molecule has 15 heavy (non-hydrogen) atoms. The maximum absolute atomic E-state index is 11.8. The summed E-state index contributed by atoms with van der Waals surface area (Å²) in [4.78, 5) is 24.9. The first-order chi connectivity index (χ1) is 7.11. The molecule has 1 aliphatic rings. The molecule has 6 nitrogen and oxygen atoms in total. The van der Waals surface area contributed by atoms with Crippen LogP contribution < -0.4 is 16.0 Å². The molecular formula is C9H18N4O2. The van der Waals surface area contributed by atoms with Gasteiger partial charge in [-0.3, -0.25) is 14.9 Å². The number of amides is 2. The monoisotopic (exact) mass is 214 g/mol. The molecular weight excluding hydrogens is 196 g/mol. The lowest BCUT2D eigenvalue weighted by molar-refractivity contribution is -0.148. The molecule has 0 bridgehead atoms. The Morgan fingerprint density at radius 1 is 1.47 bits per heavy atom. The lowest BCUT2D eigenvalue weighted by Crippen LogP contribution is -2.67. The van der Waals surface area contributed by atoms with E-state index in [4.69, 9.17) is 0 Å². The molecule has 86 valence electrons. The molecule has 0 spiro atoms. The number of carbonyl (C=O) groups is 2. The summed E-state index contributed by atoms with van der Waals surface area (Å²) in [5.41, 5.74) is 0. The van der Waals surface area contributed by atoms with Crippen LogP contribution >= 0.6 is 0 Å². The van der Waals surface area contributed by atoms with E-state index in [1.165, 1.54) is 4.90 Å². The molecule has 1 heterocycles. The van der Waals surface area contributed by atoms with E-state index in [1.807, 2.05) is 6.92 Å². The van der Waals surface area contributed by atoms with Crippen LogP contribution in [0.1, 0.15) is 6.92 Å². The minimum absolute atomic E-state index is 0.100. The minimum Gasteiger partial charge on any atom is -0.331 e. The summed E-state index contributed by atoms with van der Waals surface area (Å²) in [6.07, 6.45) is -0.583. The van der Waals surface area contributed by atoms with Crippen molar-refractivity contribution in [3.63, 3.8) is 0 Å². The van der Waals surface area contributed by atoms with Crippen molar-refractivity contribution in [2.24, 2.45) is 0 Å². The normalized spacial score (nSPS) is 26.7. The Hall–Kier alpha value is -1.14. The third-order valence-corrected chi connectivity index (χ3v) is 2.46. The zero-order chi connectivity index (χ0) is 11.4. The maximum Gasteiger partial charge on any atom is 0.260 e. The van der Waals surface area contributed by atoms with Gasteiger partial charge in [-0.05, 0) is 13.6 Å². The number of rotatable bonds is 4. The lowest BCUT2D eigenvalue weighted by Gasteiger charge is -2.36. The van der Waals surface area contributed by atoms with E-state index < -0.39 is 12.2 Å². The van der Waals surface area contributed by atoms with Crippen molar-refractivity contribution in [1.29, 1.82) is 0 Å². The highest BCUT2D eigenvalue weighted by atomic mass is 16.2. The Labute approximate surface area is 89.4 Å². The summed E-state index contributed by atoms with van der Waals surface area (Å²) in [7, 11) is 3.40. The number of piperazine rings is 1. The van der Waals surface area contributed by atoms with E-state index >= 15 is 0 Å². The maximum atomic E-state index is 11.8. The van der Waals surface area contributed by atoms with Gasteiger partial charge in [0.1, 0.15) is 6.04 Å². The van der Waals surface area contributed by atoms with E-state index in [0.29, 0.717) is 13.1 Å². The summed E-state index contributed by atoms with van der Waals surface area (Å²) in [6.45, 7) is 2.99. The van der Waals surface area contributed by atoms with Gasteiger partial charge in [-0.25, -0.2) is 0 Å². The van der Waals surface area contributed by atoms with E-state index in [9.17, 15) is 9.59 Å². The van der Waals surface area contributed by atoms with Crippen molar-refractivity contribution >= 4 is 11.8 Å². The van der Waals surface area contributed by atoms with Gasteiger partial charge in [0.25, 0.3) is 5.91 Å². The highest BCUT2D eigenvalue weighted by Gasteiger charge is 2.37. The van der Waals surface area contributed by atoms with Crippen molar-refractivity contribution in [2.75, 3.05) is 27.2 Å². The van der Waals surface area contributed by atoms with Crippen LogP contribution in [0, 0.1) is 0 Å². The predicted octanol–water partition coefficient (Wildman–Crippen LogP) is -1.90. The Balaban J connectivity index is 2.70. The third kappa shape index (κ3) is 2.45. The Bertz CT molecular complexity index is 256. The summed E-state index contributed by atoms with van der Waals surface area (Å²) >= 11 is 0. The van der Waals surface area contributed by atoms with Gasteiger partial charge in [0.2, 0.25) is 5.91 Å². The van der Waals surface area contributed by atoms with Crippen LogP contribution in [-0.4, -0.2) is 56.1 Å². The fraction of sp³-hybridized carbons (Fsp3) is 0.778. The topological polar surface area (TPSA) is 73.5 Å². The van der Waals surface area contributed by atoms with Gasteiger partial charge < -0.3 is 15.5 Å². The van der Waals surface area contributed by atoms with Crippen LogP contribution in [0.5, 0.6) is 0 Å². The van der Waals surface area contributed by atoms with Gasteiger partial charge in [0, 0.05) is 13.6 Å². The molecule has 0 aromatic heterocycles. The molecule has 3 N–H and O–H groups in total. The number of hydrogen-bond acceptors (Lipinski definition) is 4. The molecule has 0 unspecified atom stereocenters. The predicted molar refractivity (Wildman–Crippen MR) is 56.1 cm³/mol. The summed E-state index contributed by atoms with van der Waals surface area (Å²) < 4.78 is 0. The van der Waals surface area contributed by atoms with Crippen LogP contribution in [-0.2, 0) is 9.59 Å². The number of likely N-dealkylation sites (N-methyl/N-ethyl adjacent to an activating group) is 3. The fourth-order valence-electron chi connectivity index (χ4n) is 1.60. The van der Waals surface area contributed by atoms with Crippen molar-refractivity contribution in [3.05, 3.63) is 0 Å². The first kappa shape index (κ1) is 11.9. The van der Waals surface area contributed by atoms with Crippen LogP contribution in [0.2, 0.25) is 0 Å². The standard InChI is InChI=1S/C9H18N4O2/c1-4-11-7-9(15)13(3)6(5-10-2)8(14)12-7/h6-7,10-11H,4-5H2,1-3H3,(H,12,14)/t6-,7+/m0/s1. The largest absolute Gasteiger partial charge is 0.331 e. The van der Waals surface area contributed by atoms with E-state index in [-0.39, 0.29) is 11.8 Å². The molecule has 0 aromatic carbocycles. The van der Waals surface area contributed by atoms with Crippen molar-refractivity contribution in [3.8, 4) is 0 Å². The smallest absolute Gasteiger partial charge is 0.260 e. The lowest BCUT2D eigenvalue weighted by atomic mass is 10.1. The highest BCUT2D eigenvalue weighted by Crippen LogP contribution is 2.05. The van der Waals surface area contributed by atoms with Crippen LogP contribution in [0.4, 0.5) is 0 Å². The van der Waals surface area contributed by atoms with E-state index in [1.54, 1.807) is 14.1 Å². The van der Waals surface area contributed by atoms with Gasteiger partial charge in [-0.2, -0.15) is 0 Å². The molecule has 0 aliphatic carbocycles. The zero-order valence-corrected chi connectivity index (χ0v) is 9.33. The molecule has 1 fully saturated rings. The van der Waals surface area contributed by atoms with E-state index in [0.717, 1.165) is 0 Å². The SMILES string of the molecule is CCN[C@@H]1NC(=O)[C@H](CNC)N(C)C1=O. The second-order valence-corrected chi connectivity index (χ2v) is 3.52. The number of carbonyl (C=O) groups excluding carboxylic acids is 2. The second-order valence-electron chi connectivity index (χ2n) is 3.52.